The topological polar surface area (TPSA) is 98.1 Å². The molecule has 2 aromatic heterocycles. The molecular weight excluding hydrogens is 509 g/mol. The van der Waals surface area contributed by atoms with E-state index in [0.29, 0.717) is 35.7 Å². The van der Waals surface area contributed by atoms with Gasteiger partial charge >= 0.3 is 0 Å². The van der Waals surface area contributed by atoms with E-state index < -0.39 is 17.1 Å². The van der Waals surface area contributed by atoms with Crippen LogP contribution in [0.2, 0.25) is 0 Å². The van der Waals surface area contributed by atoms with E-state index in [1.807, 2.05) is 38.5 Å². The SMILES string of the molecule is Cc1cc2c(Oc3ccc(NC(=O)C4(C(=O)Nc5ccc(F)cc5)CC4)cc3)ccnc2cc1-c1cnn(C)c1. The van der Waals surface area contributed by atoms with E-state index in [1.165, 1.54) is 24.3 Å². The lowest BCUT2D eigenvalue weighted by Gasteiger charge is -2.16. The molecule has 0 radical (unpaired) electrons. The highest BCUT2D eigenvalue weighted by atomic mass is 19.1. The molecule has 40 heavy (non-hydrogen) atoms. The third-order valence-electron chi connectivity index (χ3n) is 7.12. The number of amides is 2. The van der Waals surface area contributed by atoms with Gasteiger partial charge in [-0.2, -0.15) is 5.10 Å². The molecule has 1 aliphatic rings. The van der Waals surface area contributed by atoms with Gasteiger partial charge in [0, 0.05) is 41.8 Å². The number of fused-ring (bicyclic) bond motifs is 1. The van der Waals surface area contributed by atoms with Crippen LogP contribution in [-0.2, 0) is 16.6 Å². The van der Waals surface area contributed by atoms with Gasteiger partial charge in [-0.1, -0.05) is 0 Å². The summed E-state index contributed by atoms with van der Waals surface area (Å²) in [6, 6.07) is 18.3. The molecule has 9 heteroatoms. The highest BCUT2D eigenvalue weighted by molar-refractivity contribution is 6.16. The van der Waals surface area contributed by atoms with Gasteiger partial charge in [0.25, 0.3) is 0 Å². The minimum atomic E-state index is -1.13. The van der Waals surface area contributed by atoms with Crippen molar-refractivity contribution in [2.45, 2.75) is 19.8 Å². The molecule has 0 spiro atoms. The molecule has 3 aromatic carbocycles. The van der Waals surface area contributed by atoms with Gasteiger partial charge in [0.15, 0.2) is 0 Å². The Morgan fingerprint density at radius 2 is 1.60 bits per heavy atom. The molecule has 2 N–H and O–H groups in total. The van der Waals surface area contributed by atoms with Crippen LogP contribution in [0.25, 0.3) is 22.0 Å². The summed E-state index contributed by atoms with van der Waals surface area (Å²) in [7, 11) is 1.89. The van der Waals surface area contributed by atoms with E-state index in [4.69, 9.17) is 4.74 Å². The lowest BCUT2D eigenvalue weighted by atomic mass is 10.0. The minimum absolute atomic E-state index is 0.374. The summed E-state index contributed by atoms with van der Waals surface area (Å²) in [5.41, 5.74) is 3.83. The van der Waals surface area contributed by atoms with Gasteiger partial charge in [0.05, 0.1) is 11.7 Å². The van der Waals surface area contributed by atoms with Crippen LogP contribution in [0.15, 0.2) is 85.3 Å². The standard InChI is InChI=1S/C31H26FN5O3/c1-19-15-26-27(16-25(19)20-17-34-37(2)18-20)33-14-11-28(26)40-24-9-7-23(8-10-24)36-30(39)31(12-13-31)29(38)35-22-5-3-21(32)4-6-22/h3-11,14-18H,12-13H2,1-2H3,(H,35,38)(H,36,39). The third-order valence-corrected chi connectivity index (χ3v) is 7.12. The van der Waals surface area contributed by atoms with Gasteiger partial charge in [0.2, 0.25) is 11.8 Å². The van der Waals surface area contributed by atoms with Crippen molar-refractivity contribution in [1.82, 2.24) is 14.8 Å². The number of nitrogens with one attached hydrogen (secondary N) is 2. The lowest BCUT2D eigenvalue weighted by Crippen LogP contribution is -2.35. The highest BCUT2D eigenvalue weighted by Gasteiger charge is 2.56. The Balaban J connectivity index is 1.15. The van der Waals surface area contributed by atoms with Crippen molar-refractivity contribution in [2.24, 2.45) is 12.5 Å². The van der Waals surface area contributed by atoms with Crippen LogP contribution in [0.3, 0.4) is 0 Å². The number of ether oxygens (including phenoxy) is 1. The lowest BCUT2D eigenvalue weighted by molar-refractivity contribution is -0.131. The molecule has 0 atom stereocenters. The number of anilines is 2. The summed E-state index contributed by atoms with van der Waals surface area (Å²) in [6.45, 7) is 2.04. The second kappa shape index (κ2) is 9.92. The highest BCUT2D eigenvalue weighted by Crippen LogP contribution is 2.47. The summed E-state index contributed by atoms with van der Waals surface area (Å²) in [4.78, 5) is 30.3. The van der Waals surface area contributed by atoms with Crippen molar-refractivity contribution in [1.29, 1.82) is 0 Å². The average Bonchev–Trinajstić information content (AvgIpc) is 3.66. The van der Waals surface area contributed by atoms with Crippen LogP contribution >= 0.6 is 0 Å². The van der Waals surface area contributed by atoms with Gasteiger partial charge in [-0.25, -0.2) is 4.39 Å². The Hall–Kier alpha value is -5.05. The second-order valence-corrected chi connectivity index (χ2v) is 10.0. The van der Waals surface area contributed by atoms with E-state index in [0.717, 1.165) is 27.6 Å². The zero-order chi connectivity index (χ0) is 27.9. The fraction of sp³-hybridized carbons (Fsp3) is 0.161. The number of aryl methyl sites for hydroxylation is 2. The number of halogens is 1. The predicted octanol–water partition coefficient (Wildman–Crippen LogP) is 6.23. The maximum absolute atomic E-state index is 13.2. The number of carbonyl (C=O) groups is 2. The van der Waals surface area contributed by atoms with Crippen LogP contribution in [0.4, 0.5) is 15.8 Å². The van der Waals surface area contributed by atoms with Crippen LogP contribution in [0.1, 0.15) is 18.4 Å². The molecule has 8 nitrogen and oxygen atoms in total. The van der Waals surface area contributed by atoms with E-state index in [2.05, 4.69) is 26.8 Å². The number of rotatable bonds is 7. The van der Waals surface area contributed by atoms with Crippen molar-refractivity contribution in [3.63, 3.8) is 0 Å². The molecule has 0 saturated heterocycles. The van der Waals surface area contributed by atoms with E-state index in [1.54, 1.807) is 35.1 Å². The van der Waals surface area contributed by atoms with Gasteiger partial charge in [-0.3, -0.25) is 19.3 Å². The molecule has 0 bridgehead atoms. The molecule has 1 fully saturated rings. The molecule has 1 saturated carbocycles. The molecule has 0 unspecified atom stereocenters. The summed E-state index contributed by atoms with van der Waals surface area (Å²) in [5, 5.41) is 10.7. The van der Waals surface area contributed by atoms with Crippen molar-refractivity contribution < 1.29 is 18.7 Å². The fourth-order valence-electron chi connectivity index (χ4n) is 4.69. The van der Waals surface area contributed by atoms with Gasteiger partial charge in [0.1, 0.15) is 22.7 Å². The molecule has 200 valence electrons. The first-order valence-corrected chi connectivity index (χ1v) is 12.9. The van der Waals surface area contributed by atoms with Gasteiger partial charge < -0.3 is 15.4 Å². The molecule has 2 amide bonds. The van der Waals surface area contributed by atoms with Crippen molar-refractivity contribution in [3.8, 4) is 22.6 Å². The monoisotopic (exact) mass is 535 g/mol. The Morgan fingerprint density at radius 1 is 0.950 bits per heavy atom. The largest absolute Gasteiger partial charge is 0.457 e. The zero-order valence-electron chi connectivity index (χ0n) is 21.9. The summed E-state index contributed by atoms with van der Waals surface area (Å²) >= 11 is 0. The smallest absolute Gasteiger partial charge is 0.240 e. The quantitative estimate of drug-likeness (QED) is 0.241. The Kier molecular flexibility index (Phi) is 6.26. The molecule has 5 aromatic rings. The van der Waals surface area contributed by atoms with E-state index in [-0.39, 0.29) is 5.91 Å². The summed E-state index contributed by atoms with van der Waals surface area (Å²) in [6.07, 6.45) is 6.41. The van der Waals surface area contributed by atoms with Gasteiger partial charge in [-0.05, 0) is 97.6 Å². The number of nitrogens with zero attached hydrogens (tertiary/aromatic N) is 3. The number of pyridine rings is 1. The first kappa shape index (κ1) is 25.2. The van der Waals surface area contributed by atoms with Gasteiger partial charge in [-0.15, -0.1) is 0 Å². The Bertz CT molecular complexity index is 1740. The average molecular weight is 536 g/mol. The maximum atomic E-state index is 13.2. The molecule has 1 aliphatic carbocycles. The number of carbonyl (C=O) groups excluding carboxylic acids is 2. The Morgan fingerprint density at radius 3 is 2.20 bits per heavy atom. The zero-order valence-corrected chi connectivity index (χ0v) is 21.9. The van der Waals surface area contributed by atoms with Crippen LogP contribution in [0.5, 0.6) is 11.5 Å². The molecule has 6 rings (SSSR count). The fourth-order valence-corrected chi connectivity index (χ4v) is 4.69. The van der Waals surface area contributed by atoms with Crippen LogP contribution in [-0.4, -0.2) is 26.6 Å². The number of benzene rings is 3. The van der Waals surface area contributed by atoms with Crippen molar-refractivity contribution >= 4 is 34.1 Å². The summed E-state index contributed by atoms with van der Waals surface area (Å²) < 4.78 is 21.1. The first-order chi connectivity index (χ1) is 19.3. The van der Waals surface area contributed by atoms with Crippen LogP contribution < -0.4 is 15.4 Å². The summed E-state index contributed by atoms with van der Waals surface area (Å²) in [5.74, 6) is 0.0853. The number of aromatic nitrogens is 3. The minimum Gasteiger partial charge on any atom is -0.457 e. The normalized spacial score (nSPS) is 13.6. The molecular formula is C31H26FN5O3. The number of hydrogen-bond acceptors (Lipinski definition) is 5. The number of hydrogen-bond donors (Lipinski definition) is 2. The second-order valence-electron chi connectivity index (χ2n) is 10.0. The van der Waals surface area contributed by atoms with Crippen molar-refractivity contribution in [3.05, 3.63) is 96.7 Å². The van der Waals surface area contributed by atoms with Crippen LogP contribution in [0, 0.1) is 18.2 Å². The third kappa shape index (κ3) is 4.89. The Labute approximate surface area is 229 Å². The first-order valence-electron chi connectivity index (χ1n) is 12.9. The van der Waals surface area contributed by atoms with E-state index >= 15 is 0 Å². The van der Waals surface area contributed by atoms with E-state index in [9.17, 15) is 14.0 Å². The molecule has 2 heterocycles. The predicted molar refractivity (Wildman–Crippen MR) is 151 cm³/mol. The van der Waals surface area contributed by atoms with Crippen molar-refractivity contribution in [2.75, 3.05) is 10.6 Å². The molecule has 0 aliphatic heterocycles. The maximum Gasteiger partial charge on any atom is 0.240 e.